The largest absolute Gasteiger partial charge is 0.458 e. The van der Waals surface area contributed by atoms with Gasteiger partial charge >= 0.3 is 0 Å². The third-order valence-electron chi connectivity index (χ3n) is 11.6. The standard InChI is InChI=1S/C53H41N5O/c1-53(2,3)37-27-28-54-52(31-37)58-48-26-22-36(35-21-25-47-44(29-35)42-17-8-9-18-46(42)57(47)38-13-6-5-7-14-38)30-45(48)43-24-23-41(33-51(43)58)59-40-16-12-15-39(32-40)56-34-55(4)49-19-10-11-20-50(49)56/h5-33H,1-4H3. The molecule has 0 N–H and O–H groups in total. The molecule has 0 spiro atoms. The lowest BCUT2D eigenvalue weighted by Crippen LogP contribution is -2.26. The number of hydrogen-bond acceptors (Lipinski definition) is 2. The van der Waals surface area contributed by atoms with Gasteiger partial charge in [0, 0.05) is 39.5 Å². The summed E-state index contributed by atoms with van der Waals surface area (Å²) in [5.41, 5.74) is 12.4. The Morgan fingerprint density at radius 1 is 0.508 bits per heavy atom. The maximum Gasteiger partial charge on any atom is 0.244 e. The smallest absolute Gasteiger partial charge is 0.244 e. The molecule has 0 atom stereocenters. The predicted molar refractivity (Wildman–Crippen MR) is 240 cm³/mol. The lowest BCUT2D eigenvalue weighted by Gasteiger charge is -2.20. The highest BCUT2D eigenvalue weighted by atomic mass is 16.5. The third kappa shape index (κ3) is 5.78. The molecule has 0 aliphatic rings. The summed E-state index contributed by atoms with van der Waals surface area (Å²) < 4.78 is 15.4. The van der Waals surface area contributed by atoms with E-state index in [-0.39, 0.29) is 5.41 Å². The van der Waals surface area contributed by atoms with Crippen LogP contribution in [0.3, 0.4) is 0 Å². The summed E-state index contributed by atoms with van der Waals surface area (Å²) in [4.78, 5) is 4.96. The third-order valence-corrected chi connectivity index (χ3v) is 11.6. The van der Waals surface area contributed by atoms with Crippen molar-refractivity contribution < 1.29 is 9.30 Å². The van der Waals surface area contributed by atoms with Gasteiger partial charge in [-0.3, -0.25) is 4.57 Å². The Kier molecular flexibility index (Phi) is 7.85. The minimum absolute atomic E-state index is 0.0370. The first kappa shape index (κ1) is 34.8. The van der Waals surface area contributed by atoms with Gasteiger partial charge in [0.25, 0.3) is 0 Å². The molecule has 6 nitrogen and oxygen atoms in total. The second kappa shape index (κ2) is 13.3. The van der Waals surface area contributed by atoms with Gasteiger partial charge in [-0.05, 0) is 101 Å². The number of benzene rings is 7. The van der Waals surface area contributed by atoms with Crippen LogP contribution in [0.5, 0.6) is 11.5 Å². The summed E-state index contributed by atoms with van der Waals surface area (Å²) in [7, 11) is 2.02. The van der Waals surface area contributed by atoms with Gasteiger partial charge in [0.1, 0.15) is 17.3 Å². The van der Waals surface area contributed by atoms with Crippen molar-refractivity contribution in [3.05, 3.63) is 188 Å². The summed E-state index contributed by atoms with van der Waals surface area (Å²) in [6, 6.07) is 60.3. The van der Waals surface area contributed by atoms with Crippen LogP contribution < -0.4 is 9.30 Å². The average molecular weight is 764 g/mol. The number of aromatic nitrogens is 5. The number of rotatable bonds is 6. The second-order valence-electron chi connectivity index (χ2n) is 16.4. The van der Waals surface area contributed by atoms with E-state index in [1.54, 1.807) is 0 Å². The Balaban J connectivity index is 1.05. The molecule has 0 fully saturated rings. The van der Waals surface area contributed by atoms with E-state index in [4.69, 9.17) is 9.72 Å². The Bertz CT molecular complexity index is 3420. The molecule has 11 rings (SSSR count). The van der Waals surface area contributed by atoms with Crippen molar-refractivity contribution >= 4 is 54.6 Å². The van der Waals surface area contributed by atoms with E-state index < -0.39 is 0 Å². The van der Waals surface area contributed by atoms with Crippen molar-refractivity contribution in [2.75, 3.05) is 0 Å². The summed E-state index contributed by atoms with van der Waals surface area (Å²) in [5.74, 6) is 2.37. The van der Waals surface area contributed by atoms with Crippen LogP contribution in [0.15, 0.2) is 176 Å². The molecule has 0 bridgehead atoms. The van der Waals surface area contributed by atoms with Crippen LogP contribution in [0.2, 0.25) is 0 Å². The average Bonchev–Trinajstić information content (AvgIpc) is 3.90. The number of ether oxygens (including phenoxy) is 1. The maximum absolute atomic E-state index is 6.67. The van der Waals surface area contributed by atoms with E-state index in [0.29, 0.717) is 0 Å². The Hall–Kier alpha value is -7.44. The first-order valence-corrected chi connectivity index (χ1v) is 20.1. The van der Waals surface area contributed by atoms with Crippen molar-refractivity contribution in [1.82, 2.24) is 18.7 Å². The normalized spacial score (nSPS) is 12.1. The molecule has 4 aromatic heterocycles. The summed E-state index contributed by atoms with van der Waals surface area (Å²) in [6.45, 7) is 6.73. The fraction of sp³-hybridized carbons (Fsp3) is 0.0943. The number of pyridine rings is 1. The van der Waals surface area contributed by atoms with Crippen molar-refractivity contribution in [1.29, 1.82) is 0 Å². The fourth-order valence-corrected chi connectivity index (χ4v) is 8.72. The van der Waals surface area contributed by atoms with Crippen LogP contribution >= 0.6 is 0 Å². The van der Waals surface area contributed by atoms with E-state index in [1.807, 2.05) is 29.9 Å². The van der Waals surface area contributed by atoms with Crippen LogP contribution in [-0.4, -0.2) is 18.7 Å². The molecule has 59 heavy (non-hydrogen) atoms. The monoisotopic (exact) mass is 763 g/mol. The minimum atomic E-state index is -0.0370. The lowest BCUT2D eigenvalue weighted by molar-refractivity contribution is -0.649. The first-order chi connectivity index (χ1) is 28.8. The SMILES string of the molecule is C[n+]1[c-]n(-c2cccc(Oc3ccc4c5cc(-c6ccc7c(c6)c6ccccc6n7-c6ccccc6)ccc5n(-c5cc(C(C)(C)C)ccn5)c4c3)c2)c2ccccc21. The Morgan fingerprint density at radius 2 is 1.15 bits per heavy atom. The molecule has 0 saturated heterocycles. The Morgan fingerprint density at radius 3 is 1.93 bits per heavy atom. The van der Waals surface area contributed by atoms with Gasteiger partial charge in [0.15, 0.2) is 0 Å². The van der Waals surface area contributed by atoms with Crippen molar-refractivity contribution in [3.8, 4) is 39.8 Å². The van der Waals surface area contributed by atoms with Gasteiger partial charge in [-0.1, -0.05) is 106 Å². The van der Waals surface area contributed by atoms with Crippen LogP contribution in [0.4, 0.5) is 0 Å². The molecule has 7 aromatic carbocycles. The molecule has 284 valence electrons. The van der Waals surface area contributed by atoms with Crippen molar-refractivity contribution in [2.24, 2.45) is 7.05 Å². The highest BCUT2D eigenvalue weighted by Crippen LogP contribution is 2.40. The van der Waals surface area contributed by atoms with Gasteiger partial charge < -0.3 is 18.4 Å². The van der Waals surface area contributed by atoms with Gasteiger partial charge in [-0.25, -0.2) is 4.98 Å². The molecule has 0 aliphatic heterocycles. The van der Waals surface area contributed by atoms with E-state index in [2.05, 4.69) is 199 Å². The van der Waals surface area contributed by atoms with Crippen LogP contribution in [0.25, 0.3) is 83.0 Å². The molecule has 0 radical (unpaired) electrons. The van der Waals surface area contributed by atoms with E-state index in [0.717, 1.165) is 67.1 Å². The minimum Gasteiger partial charge on any atom is -0.458 e. The number of nitrogens with zero attached hydrogens (tertiary/aromatic N) is 5. The quantitative estimate of drug-likeness (QED) is 0.125. The van der Waals surface area contributed by atoms with Gasteiger partial charge in [-0.15, -0.1) is 0 Å². The molecule has 4 heterocycles. The number of imidazole rings is 1. The number of para-hydroxylation sites is 4. The molecule has 6 heteroatoms. The molecule has 0 amide bonds. The van der Waals surface area contributed by atoms with Gasteiger partial charge in [-0.2, -0.15) is 0 Å². The molecular weight excluding hydrogens is 723 g/mol. The highest BCUT2D eigenvalue weighted by Gasteiger charge is 2.20. The van der Waals surface area contributed by atoms with Gasteiger partial charge in [0.05, 0.1) is 45.8 Å². The van der Waals surface area contributed by atoms with Crippen LogP contribution in [0, 0.1) is 6.33 Å². The van der Waals surface area contributed by atoms with Gasteiger partial charge in [0.2, 0.25) is 6.33 Å². The number of hydrogen-bond donors (Lipinski definition) is 0. The molecule has 0 saturated carbocycles. The molecular formula is C53H41N5O. The zero-order valence-corrected chi connectivity index (χ0v) is 33.4. The molecule has 0 unspecified atom stereocenters. The highest BCUT2D eigenvalue weighted by molar-refractivity contribution is 6.12. The Labute approximate surface area is 342 Å². The van der Waals surface area contributed by atoms with Crippen LogP contribution in [-0.2, 0) is 12.5 Å². The summed E-state index contributed by atoms with van der Waals surface area (Å²) in [5, 5.41) is 4.76. The summed E-state index contributed by atoms with van der Waals surface area (Å²) >= 11 is 0. The van der Waals surface area contributed by atoms with Crippen molar-refractivity contribution in [2.45, 2.75) is 26.2 Å². The number of aryl methyl sites for hydroxylation is 1. The summed E-state index contributed by atoms with van der Waals surface area (Å²) in [6.07, 6.45) is 5.37. The van der Waals surface area contributed by atoms with Crippen molar-refractivity contribution in [3.63, 3.8) is 0 Å². The van der Waals surface area contributed by atoms with E-state index >= 15 is 0 Å². The fourth-order valence-electron chi connectivity index (χ4n) is 8.72. The van der Waals surface area contributed by atoms with E-state index in [1.165, 1.54) is 32.9 Å². The maximum atomic E-state index is 6.67. The van der Waals surface area contributed by atoms with E-state index in [9.17, 15) is 0 Å². The predicted octanol–water partition coefficient (Wildman–Crippen LogP) is 12.6. The first-order valence-electron chi connectivity index (χ1n) is 20.1. The number of fused-ring (bicyclic) bond motifs is 7. The molecule has 11 aromatic rings. The molecule has 0 aliphatic carbocycles. The topological polar surface area (TPSA) is 40.8 Å². The zero-order chi connectivity index (χ0) is 39.8. The zero-order valence-electron chi connectivity index (χ0n) is 33.4. The van der Waals surface area contributed by atoms with Crippen LogP contribution in [0.1, 0.15) is 26.3 Å². The second-order valence-corrected chi connectivity index (χ2v) is 16.4. The lowest BCUT2D eigenvalue weighted by atomic mass is 9.88.